The summed E-state index contributed by atoms with van der Waals surface area (Å²) in [4.78, 5) is 4.15. The highest BCUT2D eigenvalue weighted by atomic mass is 32.2. The number of aliphatic hydroxyl groups is 1. The minimum Gasteiger partial charge on any atom is -0.440 e. The highest BCUT2D eigenvalue weighted by Gasteiger charge is 2.24. The van der Waals surface area contributed by atoms with Gasteiger partial charge in [-0.2, -0.15) is 0 Å². The van der Waals surface area contributed by atoms with Crippen molar-refractivity contribution in [3.8, 4) is 0 Å². The number of hydrogen-bond acceptors (Lipinski definition) is 4. The van der Waals surface area contributed by atoms with Crippen molar-refractivity contribution in [2.75, 3.05) is 0 Å². The number of aryl methyl sites for hydroxylation is 1. The zero-order valence-electron chi connectivity index (χ0n) is 8.37. The molecule has 0 aliphatic heterocycles. The van der Waals surface area contributed by atoms with Crippen molar-refractivity contribution in [1.82, 2.24) is 4.98 Å². The Morgan fingerprint density at radius 2 is 2.23 bits per heavy atom. The number of thioether (sulfide) groups is 1. The van der Waals surface area contributed by atoms with E-state index < -0.39 is 5.60 Å². The van der Waals surface area contributed by atoms with Crippen molar-refractivity contribution < 1.29 is 9.52 Å². The van der Waals surface area contributed by atoms with Crippen molar-refractivity contribution in [1.29, 1.82) is 0 Å². The van der Waals surface area contributed by atoms with Crippen molar-refractivity contribution in [3.05, 3.63) is 12.0 Å². The summed E-state index contributed by atoms with van der Waals surface area (Å²) in [5.41, 5.74) is 0.151. The zero-order valence-corrected chi connectivity index (χ0v) is 9.18. The Labute approximate surface area is 82.6 Å². The fourth-order valence-corrected chi connectivity index (χ4v) is 1.57. The number of nitrogens with zero attached hydrogens (tertiary/aromatic N) is 1. The van der Waals surface area contributed by atoms with E-state index in [-0.39, 0.29) is 5.25 Å². The number of oxazole rings is 1. The Kier molecular flexibility index (Phi) is 3.03. The van der Waals surface area contributed by atoms with Crippen LogP contribution < -0.4 is 0 Å². The van der Waals surface area contributed by atoms with Gasteiger partial charge in [0.25, 0.3) is 5.22 Å². The molecule has 1 aromatic rings. The van der Waals surface area contributed by atoms with E-state index in [1.54, 1.807) is 20.1 Å². The molecule has 1 rings (SSSR count). The first-order valence-corrected chi connectivity index (χ1v) is 5.08. The van der Waals surface area contributed by atoms with Gasteiger partial charge in [-0.1, -0.05) is 18.7 Å². The first kappa shape index (κ1) is 10.6. The molecule has 0 aliphatic rings. The van der Waals surface area contributed by atoms with Gasteiger partial charge in [-0.15, -0.1) is 0 Å². The van der Waals surface area contributed by atoms with E-state index in [0.717, 1.165) is 5.69 Å². The average Bonchev–Trinajstić information content (AvgIpc) is 2.33. The van der Waals surface area contributed by atoms with Gasteiger partial charge in [0.1, 0.15) is 6.26 Å². The molecule has 1 N–H and O–H groups in total. The van der Waals surface area contributed by atoms with E-state index in [1.807, 2.05) is 13.8 Å². The topological polar surface area (TPSA) is 46.3 Å². The second-order valence-electron chi connectivity index (χ2n) is 3.67. The van der Waals surface area contributed by atoms with Gasteiger partial charge in [0.15, 0.2) is 0 Å². The molecule has 4 heteroatoms. The quantitative estimate of drug-likeness (QED) is 0.762. The maximum absolute atomic E-state index is 9.66. The van der Waals surface area contributed by atoms with Crippen LogP contribution in [-0.4, -0.2) is 20.9 Å². The van der Waals surface area contributed by atoms with Crippen LogP contribution in [0.15, 0.2) is 15.9 Å². The predicted molar refractivity (Wildman–Crippen MR) is 52.9 cm³/mol. The van der Waals surface area contributed by atoms with Gasteiger partial charge in [0.05, 0.1) is 11.3 Å². The minimum atomic E-state index is -0.715. The maximum atomic E-state index is 9.66. The van der Waals surface area contributed by atoms with Gasteiger partial charge in [-0.05, 0) is 20.8 Å². The molecule has 1 aromatic heterocycles. The Morgan fingerprint density at radius 3 is 2.62 bits per heavy atom. The molecule has 0 saturated carbocycles. The second kappa shape index (κ2) is 3.72. The third-order valence-corrected chi connectivity index (χ3v) is 3.19. The Balaban J connectivity index is 2.60. The molecule has 1 atom stereocenters. The highest BCUT2D eigenvalue weighted by molar-refractivity contribution is 7.99. The molecule has 0 aliphatic carbocycles. The molecule has 0 bridgehead atoms. The Hall–Kier alpha value is -0.480. The molecule has 1 unspecified atom stereocenters. The molecule has 74 valence electrons. The third-order valence-electron chi connectivity index (χ3n) is 1.87. The first-order chi connectivity index (χ1) is 5.89. The third kappa shape index (κ3) is 3.04. The molecule has 0 aromatic carbocycles. The van der Waals surface area contributed by atoms with E-state index in [9.17, 15) is 5.11 Å². The summed E-state index contributed by atoms with van der Waals surface area (Å²) in [6.07, 6.45) is 1.61. The van der Waals surface area contributed by atoms with Crippen molar-refractivity contribution >= 4 is 11.8 Å². The molecule has 0 amide bonds. The van der Waals surface area contributed by atoms with Crippen LogP contribution in [0, 0.1) is 6.92 Å². The van der Waals surface area contributed by atoms with Crippen LogP contribution in [0.3, 0.4) is 0 Å². The summed E-state index contributed by atoms with van der Waals surface area (Å²) in [6.45, 7) is 7.38. The van der Waals surface area contributed by atoms with Crippen LogP contribution in [-0.2, 0) is 0 Å². The van der Waals surface area contributed by atoms with Gasteiger partial charge >= 0.3 is 0 Å². The van der Waals surface area contributed by atoms with Gasteiger partial charge < -0.3 is 9.52 Å². The van der Waals surface area contributed by atoms with Crippen molar-refractivity contribution in [2.24, 2.45) is 0 Å². The number of rotatable bonds is 3. The van der Waals surface area contributed by atoms with Gasteiger partial charge in [0.2, 0.25) is 0 Å². The molecule has 3 nitrogen and oxygen atoms in total. The van der Waals surface area contributed by atoms with Crippen LogP contribution >= 0.6 is 11.8 Å². The molecular formula is C9H15NO2S. The maximum Gasteiger partial charge on any atom is 0.256 e. The molecule has 0 radical (unpaired) electrons. The summed E-state index contributed by atoms with van der Waals surface area (Å²) in [5.74, 6) is 0. The fourth-order valence-electron chi connectivity index (χ4n) is 0.682. The van der Waals surface area contributed by atoms with Crippen molar-refractivity contribution in [3.63, 3.8) is 0 Å². The highest BCUT2D eigenvalue weighted by Crippen LogP contribution is 2.29. The largest absolute Gasteiger partial charge is 0.440 e. The summed E-state index contributed by atoms with van der Waals surface area (Å²) >= 11 is 1.44. The lowest BCUT2D eigenvalue weighted by atomic mass is 10.1. The molecule has 0 saturated heterocycles. The monoisotopic (exact) mass is 201 g/mol. The lowest BCUT2D eigenvalue weighted by Crippen LogP contribution is -2.30. The van der Waals surface area contributed by atoms with Crippen LogP contribution in [0.1, 0.15) is 26.5 Å². The predicted octanol–water partition coefficient (Wildman–Crippen LogP) is 2.23. The van der Waals surface area contributed by atoms with Crippen LogP contribution in [0.25, 0.3) is 0 Å². The summed E-state index contributed by atoms with van der Waals surface area (Å²) < 4.78 is 5.17. The minimum absolute atomic E-state index is 0.0607. The number of hydrogen-bond donors (Lipinski definition) is 1. The molecular weight excluding hydrogens is 186 g/mol. The van der Waals surface area contributed by atoms with Crippen LogP contribution in [0.4, 0.5) is 0 Å². The van der Waals surface area contributed by atoms with E-state index in [0.29, 0.717) is 5.22 Å². The smallest absolute Gasteiger partial charge is 0.256 e. The molecule has 0 spiro atoms. The average molecular weight is 201 g/mol. The summed E-state index contributed by atoms with van der Waals surface area (Å²) in [5, 5.41) is 10.3. The fraction of sp³-hybridized carbons (Fsp3) is 0.667. The molecule has 13 heavy (non-hydrogen) atoms. The van der Waals surface area contributed by atoms with E-state index in [2.05, 4.69) is 4.98 Å². The SMILES string of the molecule is Cc1coc(SC(C)C(C)(C)O)n1. The Morgan fingerprint density at radius 1 is 1.62 bits per heavy atom. The Bertz CT molecular complexity index is 277. The van der Waals surface area contributed by atoms with Gasteiger partial charge in [-0.25, -0.2) is 4.98 Å². The van der Waals surface area contributed by atoms with E-state index >= 15 is 0 Å². The van der Waals surface area contributed by atoms with E-state index in [4.69, 9.17) is 4.42 Å². The lowest BCUT2D eigenvalue weighted by molar-refractivity contribution is 0.0821. The summed E-state index contributed by atoms with van der Waals surface area (Å²) in [6, 6.07) is 0. The standard InChI is InChI=1S/C9H15NO2S/c1-6-5-12-8(10-6)13-7(2)9(3,4)11/h5,7,11H,1-4H3. The first-order valence-electron chi connectivity index (χ1n) is 4.21. The molecule has 0 fully saturated rings. The lowest BCUT2D eigenvalue weighted by Gasteiger charge is -2.23. The van der Waals surface area contributed by atoms with Crippen LogP contribution in [0.5, 0.6) is 0 Å². The summed E-state index contributed by atoms with van der Waals surface area (Å²) in [7, 11) is 0. The second-order valence-corrected chi connectivity index (χ2v) is 4.96. The number of aromatic nitrogens is 1. The normalized spacial score (nSPS) is 14.5. The van der Waals surface area contributed by atoms with Crippen LogP contribution in [0.2, 0.25) is 0 Å². The van der Waals surface area contributed by atoms with Crippen molar-refractivity contribution in [2.45, 2.75) is 43.8 Å². The molecule has 1 heterocycles. The zero-order chi connectivity index (χ0) is 10.1. The van der Waals surface area contributed by atoms with E-state index in [1.165, 1.54) is 11.8 Å². The van der Waals surface area contributed by atoms with Gasteiger partial charge in [0, 0.05) is 5.25 Å². The van der Waals surface area contributed by atoms with Gasteiger partial charge in [-0.3, -0.25) is 0 Å².